The summed E-state index contributed by atoms with van der Waals surface area (Å²) >= 11 is 0. The van der Waals surface area contributed by atoms with E-state index in [4.69, 9.17) is 9.97 Å². The monoisotopic (exact) mass is 753 g/mol. The molecule has 3 heteroatoms. The molecule has 0 radical (unpaired) electrons. The minimum absolute atomic E-state index is 0.858. The van der Waals surface area contributed by atoms with Crippen molar-refractivity contribution in [3.05, 3.63) is 237 Å². The second-order valence-corrected chi connectivity index (χ2v) is 14.6. The Morgan fingerprint density at radius 2 is 0.525 bits per heavy atom. The van der Waals surface area contributed by atoms with Gasteiger partial charge in [-0.1, -0.05) is 188 Å². The van der Waals surface area contributed by atoms with Crippen molar-refractivity contribution in [2.75, 3.05) is 4.90 Å². The van der Waals surface area contributed by atoms with Crippen molar-refractivity contribution in [2.24, 2.45) is 0 Å². The molecule has 59 heavy (non-hydrogen) atoms. The van der Waals surface area contributed by atoms with Gasteiger partial charge < -0.3 is 4.90 Å². The molecule has 278 valence electrons. The lowest BCUT2D eigenvalue weighted by Gasteiger charge is -2.26. The van der Waals surface area contributed by atoms with Crippen molar-refractivity contribution in [2.45, 2.75) is 0 Å². The van der Waals surface area contributed by atoms with E-state index in [1.807, 2.05) is 42.5 Å². The van der Waals surface area contributed by atoms with Crippen molar-refractivity contribution in [1.29, 1.82) is 0 Å². The highest BCUT2D eigenvalue weighted by atomic mass is 15.1. The molecule has 0 aliphatic rings. The highest BCUT2D eigenvalue weighted by molar-refractivity contribution is 5.88. The lowest BCUT2D eigenvalue weighted by molar-refractivity contribution is 1.27. The number of hydrogen-bond acceptors (Lipinski definition) is 3. The Labute approximate surface area is 345 Å². The minimum Gasteiger partial charge on any atom is -0.310 e. The fraction of sp³-hybridized carbons (Fsp3) is 0. The third-order valence-corrected chi connectivity index (χ3v) is 10.9. The standard InChI is InChI=1S/C56H39N3/c1-4-13-40(14-5-1)42-23-25-44(26-24-42)45-31-35-50(36-32-45)59(52-20-12-19-49(39-52)46-29-27-43(28-30-46)41-15-6-2-7-16-41)51-37-33-48(34-38-51)56-55(47-17-8-3-9-18-47)57-53-21-10-11-22-54(53)58-56/h1-39H. The van der Waals surface area contributed by atoms with E-state index in [2.05, 4.69) is 199 Å². The number of para-hydroxylation sites is 2. The molecule has 0 fully saturated rings. The highest BCUT2D eigenvalue weighted by Crippen LogP contribution is 2.40. The Bertz CT molecular complexity index is 2980. The maximum atomic E-state index is 5.17. The summed E-state index contributed by atoms with van der Waals surface area (Å²) in [6.45, 7) is 0. The average molecular weight is 754 g/mol. The SMILES string of the molecule is c1ccc(-c2ccc(-c3ccc(N(c4ccc(-c5nc6ccccc6nc5-c5ccccc5)cc4)c4cccc(-c5ccc(-c6ccccc6)cc5)c4)cc3)cc2)cc1. The summed E-state index contributed by atoms with van der Waals surface area (Å²) < 4.78 is 0. The summed E-state index contributed by atoms with van der Waals surface area (Å²) in [6.07, 6.45) is 0. The van der Waals surface area contributed by atoms with Gasteiger partial charge in [0.05, 0.1) is 22.4 Å². The largest absolute Gasteiger partial charge is 0.310 e. The molecule has 0 aliphatic carbocycles. The Balaban J connectivity index is 1.03. The van der Waals surface area contributed by atoms with Crippen LogP contribution < -0.4 is 4.90 Å². The second-order valence-electron chi connectivity index (χ2n) is 14.6. The van der Waals surface area contributed by atoms with E-state index < -0.39 is 0 Å². The molecule has 0 aliphatic heterocycles. The van der Waals surface area contributed by atoms with Crippen LogP contribution in [0.5, 0.6) is 0 Å². The summed E-state index contributed by atoms with van der Waals surface area (Å²) in [6, 6.07) is 83.5. The normalized spacial score (nSPS) is 11.1. The lowest BCUT2D eigenvalue weighted by atomic mass is 9.99. The zero-order valence-electron chi connectivity index (χ0n) is 32.4. The van der Waals surface area contributed by atoms with Crippen LogP contribution in [-0.4, -0.2) is 9.97 Å². The quantitative estimate of drug-likeness (QED) is 0.147. The Morgan fingerprint density at radius 3 is 0.966 bits per heavy atom. The Morgan fingerprint density at radius 1 is 0.220 bits per heavy atom. The zero-order valence-corrected chi connectivity index (χ0v) is 32.4. The highest BCUT2D eigenvalue weighted by Gasteiger charge is 2.17. The van der Waals surface area contributed by atoms with Crippen molar-refractivity contribution in [3.63, 3.8) is 0 Å². The third kappa shape index (κ3) is 7.41. The second kappa shape index (κ2) is 15.9. The van der Waals surface area contributed by atoms with Gasteiger partial charge in [0.1, 0.15) is 0 Å². The summed E-state index contributed by atoms with van der Waals surface area (Å²) in [5.41, 5.74) is 18.2. The molecular weight excluding hydrogens is 715 g/mol. The van der Waals surface area contributed by atoms with E-state index in [0.717, 1.165) is 56.2 Å². The van der Waals surface area contributed by atoms with Crippen LogP contribution in [0.1, 0.15) is 0 Å². The molecule has 3 nitrogen and oxygen atoms in total. The third-order valence-electron chi connectivity index (χ3n) is 10.9. The fourth-order valence-corrected chi connectivity index (χ4v) is 7.81. The number of benzene rings is 9. The van der Waals surface area contributed by atoms with E-state index >= 15 is 0 Å². The van der Waals surface area contributed by atoms with E-state index in [1.165, 1.54) is 38.9 Å². The van der Waals surface area contributed by atoms with Gasteiger partial charge in [-0.25, -0.2) is 9.97 Å². The molecule has 0 saturated heterocycles. The molecule has 9 aromatic carbocycles. The molecule has 0 spiro atoms. The van der Waals surface area contributed by atoms with Gasteiger partial charge in [0.25, 0.3) is 0 Å². The molecule has 0 amide bonds. The van der Waals surface area contributed by atoms with Crippen LogP contribution in [0.25, 0.3) is 78.1 Å². The summed E-state index contributed by atoms with van der Waals surface area (Å²) in [4.78, 5) is 12.6. The molecule has 0 saturated carbocycles. The molecule has 10 rings (SSSR count). The van der Waals surface area contributed by atoms with E-state index in [1.54, 1.807) is 0 Å². The molecule has 0 bridgehead atoms. The number of nitrogens with zero attached hydrogens (tertiary/aromatic N) is 3. The summed E-state index contributed by atoms with van der Waals surface area (Å²) in [5, 5.41) is 0. The number of fused-ring (bicyclic) bond motifs is 1. The minimum atomic E-state index is 0.858. The molecular formula is C56H39N3. The van der Waals surface area contributed by atoms with Gasteiger partial charge in [-0.15, -0.1) is 0 Å². The van der Waals surface area contributed by atoms with Crippen molar-refractivity contribution in [1.82, 2.24) is 9.97 Å². The van der Waals surface area contributed by atoms with Crippen LogP contribution in [-0.2, 0) is 0 Å². The first-order valence-electron chi connectivity index (χ1n) is 20.0. The summed E-state index contributed by atoms with van der Waals surface area (Å²) in [5.74, 6) is 0. The van der Waals surface area contributed by atoms with Gasteiger partial charge in [0, 0.05) is 28.2 Å². The molecule has 1 aromatic heterocycles. The van der Waals surface area contributed by atoms with Gasteiger partial charge in [-0.2, -0.15) is 0 Å². The maximum absolute atomic E-state index is 5.17. The molecule has 0 atom stereocenters. The number of rotatable bonds is 9. The van der Waals surface area contributed by atoms with Gasteiger partial charge in [-0.3, -0.25) is 0 Å². The topological polar surface area (TPSA) is 29.0 Å². The van der Waals surface area contributed by atoms with Crippen LogP contribution in [0.3, 0.4) is 0 Å². The predicted octanol–water partition coefficient (Wildman–Crippen LogP) is 15.1. The van der Waals surface area contributed by atoms with Gasteiger partial charge in [-0.05, 0) is 93.0 Å². The summed E-state index contributed by atoms with van der Waals surface area (Å²) in [7, 11) is 0. The smallest absolute Gasteiger partial charge is 0.0973 e. The fourth-order valence-electron chi connectivity index (χ4n) is 7.81. The maximum Gasteiger partial charge on any atom is 0.0973 e. The molecule has 0 unspecified atom stereocenters. The number of hydrogen-bond donors (Lipinski definition) is 0. The van der Waals surface area contributed by atoms with Crippen LogP contribution in [0, 0.1) is 0 Å². The number of anilines is 3. The first-order chi connectivity index (χ1) is 29.2. The van der Waals surface area contributed by atoms with Crippen LogP contribution in [0.2, 0.25) is 0 Å². The molecule has 1 heterocycles. The first kappa shape index (κ1) is 35.5. The van der Waals surface area contributed by atoms with E-state index in [0.29, 0.717) is 0 Å². The van der Waals surface area contributed by atoms with Gasteiger partial charge in [0.15, 0.2) is 0 Å². The molecule has 10 aromatic rings. The van der Waals surface area contributed by atoms with Crippen molar-refractivity contribution < 1.29 is 0 Å². The van der Waals surface area contributed by atoms with Gasteiger partial charge >= 0.3 is 0 Å². The zero-order chi connectivity index (χ0) is 39.4. The lowest BCUT2D eigenvalue weighted by Crippen LogP contribution is -2.10. The van der Waals surface area contributed by atoms with Gasteiger partial charge in [0.2, 0.25) is 0 Å². The van der Waals surface area contributed by atoms with Crippen LogP contribution >= 0.6 is 0 Å². The average Bonchev–Trinajstić information content (AvgIpc) is 3.33. The predicted molar refractivity (Wildman–Crippen MR) is 247 cm³/mol. The van der Waals surface area contributed by atoms with Crippen LogP contribution in [0.4, 0.5) is 17.1 Å². The van der Waals surface area contributed by atoms with Crippen LogP contribution in [0.15, 0.2) is 237 Å². The van der Waals surface area contributed by atoms with Crippen molar-refractivity contribution in [3.8, 4) is 67.0 Å². The first-order valence-corrected chi connectivity index (χ1v) is 20.0. The van der Waals surface area contributed by atoms with Crippen molar-refractivity contribution >= 4 is 28.1 Å². The Hall–Kier alpha value is -7.88. The Kier molecular flexibility index (Phi) is 9.59. The molecule has 0 N–H and O–H groups in total. The van der Waals surface area contributed by atoms with E-state index in [-0.39, 0.29) is 0 Å². The van der Waals surface area contributed by atoms with E-state index in [9.17, 15) is 0 Å². The number of aromatic nitrogens is 2.